The van der Waals surface area contributed by atoms with Crippen LogP contribution in [-0.4, -0.2) is 10.1 Å². The van der Waals surface area contributed by atoms with Crippen molar-refractivity contribution in [2.45, 2.75) is 19.9 Å². The second kappa shape index (κ2) is 5.30. The summed E-state index contributed by atoms with van der Waals surface area (Å²) < 4.78 is 10.7. The molecule has 0 saturated carbocycles. The molecule has 0 aliphatic carbocycles. The van der Waals surface area contributed by atoms with Crippen LogP contribution in [0.2, 0.25) is 0 Å². The fraction of sp³-hybridized carbons (Fsp3) is 0.200. The predicted molar refractivity (Wildman–Crippen MR) is 73.9 cm³/mol. The first-order valence-corrected chi connectivity index (χ1v) is 6.42. The Kier molecular flexibility index (Phi) is 3.35. The maximum atomic E-state index is 5.50. The van der Waals surface area contributed by atoms with Gasteiger partial charge in [0.2, 0.25) is 0 Å². The molecule has 0 aliphatic heterocycles. The van der Waals surface area contributed by atoms with Gasteiger partial charge in [-0.15, -0.1) is 0 Å². The number of furan rings is 1. The van der Waals surface area contributed by atoms with Gasteiger partial charge in [-0.1, -0.05) is 29.4 Å². The van der Waals surface area contributed by atoms with E-state index >= 15 is 0 Å². The first kappa shape index (κ1) is 12.6. The molecule has 0 amide bonds. The summed E-state index contributed by atoms with van der Waals surface area (Å²) in [6.07, 6.45) is 0.640. The fourth-order valence-electron chi connectivity index (χ4n) is 2.01. The Morgan fingerprint density at radius 2 is 2.00 bits per heavy atom. The second-order valence-corrected chi connectivity index (χ2v) is 4.59. The largest absolute Gasteiger partial charge is 0.455 e. The van der Waals surface area contributed by atoms with Crippen molar-refractivity contribution in [3.05, 3.63) is 59.1 Å². The minimum Gasteiger partial charge on any atom is -0.455 e. The topological polar surface area (TPSA) is 78.1 Å². The van der Waals surface area contributed by atoms with Gasteiger partial charge in [0.05, 0.1) is 6.54 Å². The molecule has 5 heteroatoms. The van der Waals surface area contributed by atoms with Gasteiger partial charge in [0.25, 0.3) is 5.89 Å². The van der Waals surface area contributed by atoms with E-state index in [1.54, 1.807) is 12.1 Å². The first-order chi connectivity index (χ1) is 9.76. The molecule has 3 aromatic rings. The number of nitrogens with two attached hydrogens (primary N) is 1. The quantitative estimate of drug-likeness (QED) is 0.787. The second-order valence-electron chi connectivity index (χ2n) is 4.59. The third-order valence-electron chi connectivity index (χ3n) is 3.15. The zero-order chi connectivity index (χ0) is 13.9. The van der Waals surface area contributed by atoms with E-state index in [1.165, 1.54) is 11.1 Å². The minimum absolute atomic E-state index is 0.351. The van der Waals surface area contributed by atoms with Gasteiger partial charge < -0.3 is 14.7 Å². The molecule has 2 N–H and O–H groups in total. The first-order valence-electron chi connectivity index (χ1n) is 6.42. The lowest BCUT2D eigenvalue weighted by Gasteiger charge is -2.00. The van der Waals surface area contributed by atoms with Gasteiger partial charge in [-0.25, -0.2) is 0 Å². The van der Waals surface area contributed by atoms with E-state index in [2.05, 4.69) is 29.2 Å². The van der Waals surface area contributed by atoms with E-state index < -0.39 is 0 Å². The number of benzene rings is 1. The molecule has 0 spiro atoms. The summed E-state index contributed by atoms with van der Waals surface area (Å²) in [6.45, 7) is 2.42. The van der Waals surface area contributed by atoms with Crippen LogP contribution in [0.25, 0.3) is 11.7 Å². The summed E-state index contributed by atoms with van der Waals surface area (Å²) in [5.41, 5.74) is 7.90. The molecule has 1 aromatic carbocycles. The van der Waals surface area contributed by atoms with Gasteiger partial charge >= 0.3 is 0 Å². The molecule has 3 rings (SSSR count). The molecular weight excluding hydrogens is 254 g/mol. The molecule has 20 heavy (non-hydrogen) atoms. The highest BCUT2D eigenvalue weighted by atomic mass is 16.5. The van der Waals surface area contributed by atoms with Crippen LogP contribution in [0.15, 0.2) is 45.3 Å². The standard InChI is InChI=1S/C15H15N3O2/c1-10-4-2-3-5-11(10)8-14-17-15(20-18-14)13-7-6-12(9-16)19-13/h2-7H,8-9,16H2,1H3. The van der Waals surface area contributed by atoms with Crippen LogP contribution in [0.1, 0.15) is 22.7 Å². The van der Waals surface area contributed by atoms with Gasteiger partial charge in [0.15, 0.2) is 11.6 Å². The number of aromatic nitrogens is 2. The molecule has 0 unspecified atom stereocenters. The lowest BCUT2D eigenvalue weighted by molar-refractivity contribution is 0.406. The van der Waals surface area contributed by atoms with E-state index in [-0.39, 0.29) is 0 Å². The number of aryl methyl sites for hydroxylation is 1. The highest BCUT2D eigenvalue weighted by Crippen LogP contribution is 2.21. The Morgan fingerprint density at radius 3 is 2.75 bits per heavy atom. The average molecular weight is 269 g/mol. The molecule has 5 nitrogen and oxygen atoms in total. The van der Waals surface area contributed by atoms with E-state index in [0.717, 1.165) is 0 Å². The van der Waals surface area contributed by atoms with Crippen LogP contribution in [0.3, 0.4) is 0 Å². The van der Waals surface area contributed by atoms with Crippen LogP contribution in [-0.2, 0) is 13.0 Å². The number of nitrogens with zero attached hydrogens (tertiary/aromatic N) is 2. The molecule has 0 radical (unpaired) electrons. The average Bonchev–Trinajstić information content (AvgIpc) is 3.10. The molecule has 0 fully saturated rings. The molecule has 0 aliphatic rings. The monoisotopic (exact) mass is 269 g/mol. The summed E-state index contributed by atoms with van der Waals surface area (Å²) in [4.78, 5) is 4.35. The van der Waals surface area contributed by atoms with E-state index in [0.29, 0.717) is 36.2 Å². The minimum atomic E-state index is 0.351. The molecule has 102 valence electrons. The molecule has 2 aromatic heterocycles. The van der Waals surface area contributed by atoms with Crippen LogP contribution in [0.4, 0.5) is 0 Å². The van der Waals surface area contributed by atoms with Crippen molar-refractivity contribution < 1.29 is 8.94 Å². The van der Waals surface area contributed by atoms with E-state index in [9.17, 15) is 0 Å². The van der Waals surface area contributed by atoms with Crippen LogP contribution >= 0.6 is 0 Å². The van der Waals surface area contributed by atoms with Gasteiger partial charge in [-0.05, 0) is 30.2 Å². The predicted octanol–water partition coefficient (Wildman–Crippen LogP) is 2.69. The van der Waals surface area contributed by atoms with Crippen molar-refractivity contribution in [2.75, 3.05) is 0 Å². The van der Waals surface area contributed by atoms with Gasteiger partial charge in [0, 0.05) is 6.42 Å². The molecule has 0 bridgehead atoms. The third-order valence-corrected chi connectivity index (χ3v) is 3.15. The van der Waals surface area contributed by atoms with Crippen molar-refractivity contribution in [3.63, 3.8) is 0 Å². The van der Waals surface area contributed by atoms with Gasteiger partial charge in [-0.3, -0.25) is 0 Å². The molecule has 0 saturated heterocycles. The third kappa shape index (κ3) is 2.48. The number of hydrogen-bond acceptors (Lipinski definition) is 5. The number of rotatable bonds is 4. The van der Waals surface area contributed by atoms with Gasteiger partial charge in [-0.2, -0.15) is 4.98 Å². The highest BCUT2D eigenvalue weighted by molar-refractivity contribution is 5.44. The Labute approximate surface area is 116 Å². The lowest BCUT2D eigenvalue weighted by Crippen LogP contribution is -1.93. The lowest BCUT2D eigenvalue weighted by atomic mass is 10.1. The van der Waals surface area contributed by atoms with Crippen LogP contribution in [0.5, 0.6) is 0 Å². The molecule has 2 heterocycles. The summed E-state index contributed by atoms with van der Waals surface area (Å²) >= 11 is 0. The Balaban J connectivity index is 1.82. The van der Waals surface area contributed by atoms with E-state index in [4.69, 9.17) is 14.7 Å². The van der Waals surface area contributed by atoms with Crippen LogP contribution in [0, 0.1) is 6.92 Å². The van der Waals surface area contributed by atoms with Crippen molar-refractivity contribution in [2.24, 2.45) is 5.73 Å². The fourth-order valence-corrected chi connectivity index (χ4v) is 2.01. The Bertz CT molecular complexity index is 715. The van der Waals surface area contributed by atoms with Crippen molar-refractivity contribution in [1.29, 1.82) is 0 Å². The van der Waals surface area contributed by atoms with E-state index in [1.807, 2.05) is 12.1 Å². The van der Waals surface area contributed by atoms with Crippen molar-refractivity contribution in [1.82, 2.24) is 10.1 Å². The van der Waals surface area contributed by atoms with Crippen molar-refractivity contribution in [3.8, 4) is 11.7 Å². The molecule has 0 atom stereocenters. The Morgan fingerprint density at radius 1 is 1.15 bits per heavy atom. The van der Waals surface area contributed by atoms with Crippen LogP contribution < -0.4 is 5.73 Å². The summed E-state index contributed by atoms with van der Waals surface area (Å²) in [5, 5.41) is 3.99. The van der Waals surface area contributed by atoms with Crippen molar-refractivity contribution >= 4 is 0 Å². The molecular formula is C15H15N3O2. The Hall–Kier alpha value is -2.40. The maximum absolute atomic E-state index is 5.50. The zero-order valence-corrected chi connectivity index (χ0v) is 11.2. The number of hydrogen-bond donors (Lipinski definition) is 1. The smallest absolute Gasteiger partial charge is 0.293 e. The summed E-state index contributed by atoms with van der Waals surface area (Å²) in [7, 11) is 0. The SMILES string of the molecule is Cc1ccccc1Cc1noc(-c2ccc(CN)o2)n1. The maximum Gasteiger partial charge on any atom is 0.293 e. The highest BCUT2D eigenvalue weighted by Gasteiger charge is 2.13. The normalized spacial score (nSPS) is 10.9. The summed E-state index contributed by atoms with van der Waals surface area (Å²) in [6, 6.07) is 11.7. The summed E-state index contributed by atoms with van der Waals surface area (Å²) in [5.74, 6) is 2.26. The zero-order valence-electron chi connectivity index (χ0n) is 11.2. The van der Waals surface area contributed by atoms with Gasteiger partial charge in [0.1, 0.15) is 5.76 Å².